The SMILES string of the molecule is O=c1[nH]ncc(N2CCCC(c3nc4ccccc4[nH]3)C2)c1Cl. The standard InChI is InChI=1S/C16H16ClN5O/c17-14-13(8-18-21-16(14)23)22-7-3-4-10(9-22)15-19-11-5-1-2-6-12(11)20-15/h1-2,5-6,8,10H,3-4,7,9H2,(H,19,20)(H,21,23). The first-order chi connectivity index (χ1) is 11.2. The van der Waals surface area contributed by atoms with Gasteiger partial charge in [0.1, 0.15) is 10.8 Å². The van der Waals surface area contributed by atoms with Crippen LogP contribution in [0.25, 0.3) is 11.0 Å². The summed E-state index contributed by atoms with van der Waals surface area (Å²) in [5.41, 5.74) is 2.37. The van der Waals surface area contributed by atoms with Crippen LogP contribution in [0.5, 0.6) is 0 Å². The summed E-state index contributed by atoms with van der Waals surface area (Å²) in [5.74, 6) is 1.27. The molecule has 0 aliphatic carbocycles. The van der Waals surface area contributed by atoms with Crippen molar-refractivity contribution in [2.75, 3.05) is 18.0 Å². The molecule has 7 heteroatoms. The van der Waals surface area contributed by atoms with Gasteiger partial charge in [-0.15, -0.1) is 0 Å². The number of benzene rings is 1. The molecular weight excluding hydrogens is 314 g/mol. The fraction of sp³-hybridized carbons (Fsp3) is 0.312. The number of nitrogens with one attached hydrogen (secondary N) is 2. The molecule has 3 aromatic rings. The van der Waals surface area contributed by atoms with Gasteiger partial charge in [0, 0.05) is 19.0 Å². The van der Waals surface area contributed by atoms with Gasteiger partial charge in [0.25, 0.3) is 5.56 Å². The van der Waals surface area contributed by atoms with Crippen molar-refractivity contribution in [2.45, 2.75) is 18.8 Å². The molecule has 3 heterocycles. The third-order valence-electron chi connectivity index (χ3n) is 4.33. The summed E-state index contributed by atoms with van der Waals surface area (Å²) in [6, 6.07) is 8.03. The third kappa shape index (κ3) is 2.59. The number of anilines is 1. The van der Waals surface area contributed by atoms with Crippen molar-refractivity contribution in [2.24, 2.45) is 0 Å². The topological polar surface area (TPSA) is 77.7 Å². The van der Waals surface area contributed by atoms with E-state index in [4.69, 9.17) is 16.6 Å². The predicted octanol–water partition coefficient (Wildman–Crippen LogP) is 2.68. The van der Waals surface area contributed by atoms with E-state index in [1.54, 1.807) is 6.20 Å². The van der Waals surface area contributed by atoms with Crippen molar-refractivity contribution < 1.29 is 0 Å². The number of hydrogen-bond donors (Lipinski definition) is 2. The van der Waals surface area contributed by atoms with E-state index < -0.39 is 0 Å². The Morgan fingerprint density at radius 1 is 1.30 bits per heavy atom. The quantitative estimate of drug-likeness (QED) is 0.757. The molecule has 1 aromatic carbocycles. The number of aromatic nitrogens is 4. The Kier molecular flexibility index (Phi) is 3.53. The van der Waals surface area contributed by atoms with E-state index >= 15 is 0 Å². The molecule has 6 nitrogen and oxygen atoms in total. The molecule has 0 saturated carbocycles. The normalized spacial score (nSPS) is 18.5. The van der Waals surface area contributed by atoms with Crippen LogP contribution in [-0.4, -0.2) is 33.3 Å². The Labute approximate surface area is 137 Å². The zero-order chi connectivity index (χ0) is 15.8. The predicted molar refractivity (Wildman–Crippen MR) is 90.1 cm³/mol. The summed E-state index contributed by atoms with van der Waals surface area (Å²) in [4.78, 5) is 21.9. The summed E-state index contributed by atoms with van der Waals surface area (Å²) in [7, 11) is 0. The van der Waals surface area contributed by atoms with E-state index in [0.29, 0.717) is 5.69 Å². The van der Waals surface area contributed by atoms with Gasteiger partial charge in [-0.3, -0.25) is 4.79 Å². The summed E-state index contributed by atoms with van der Waals surface area (Å²) >= 11 is 6.14. The van der Waals surface area contributed by atoms with E-state index in [2.05, 4.69) is 20.1 Å². The second-order valence-electron chi connectivity index (χ2n) is 5.82. The minimum Gasteiger partial charge on any atom is -0.368 e. The van der Waals surface area contributed by atoms with Crippen molar-refractivity contribution >= 4 is 28.3 Å². The number of aromatic amines is 2. The number of halogens is 1. The average Bonchev–Trinajstić information content (AvgIpc) is 3.02. The van der Waals surface area contributed by atoms with Crippen LogP contribution < -0.4 is 10.5 Å². The van der Waals surface area contributed by atoms with E-state index in [1.165, 1.54) is 0 Å². The molecule has 118 valence electrons. The van der Waals surface area contributed by atoms with E-state index in [1.807, 2.05) is 24.3 Å². The maximum atomic E-state index is 11.7. The van der Waals surface area contributed by atoms with Crippen molar-refractivity contribution in [3.63, 3.8) is 0 Å². The van der Waals surface area contributed by atoms with Crippen LogP contribution in [0, 0.1) is 0 Å². The lowest BCUT2D eigenvalue weighted by atomic mass is 9.97. The van der Waals surface area contributed by atoms with Gasteiger partial charge in [-0.25, -0.2) is 10.1 Å². The van der Waals surface area contributed by atoms with E-state index in [0.717, 1.165) is 42.8 Å². The molecule has 0 bridgehead atoms. The summed E-state index contributed by atoms with van der Waals surface area (Å²) < 4.78 is 0. The van der Waals surface area contributed by atoms with Crippen LogP contribution in [0.15, 0.2) is 35.3 Å². The first kappa shape index (κ1) is 14.3. The monoisotopic (exact) mass is 329 g/mol. The smallest absolute Gasteiger partial charge is 0.285 e. The highest BCUT2D eigenvalue weighted by molar-refractivity contribution is 6.33. The highest BCUT2D eigenvalue weighted by atomic mass is 35.5. The van der Waals surface area contributed by atoms with Gasteiger partial charge in [0.15, 0.2) is 0 Å². The van der Waals surface area contributed by atoms with Crippen LogP contribution in [0.4, 0.5) is 5.69 Å². The number of nitrogens with zero attached hydrogens (tertiary/aromatic N) is 3. The molecule has 23 heavy (non-hydrogen) atoms. The maximum Gasteiger partial charge on any atom is 0.285 e. The Hall–Kier alpha value is -2.34. The summed E-state index contributed by atoms with van der Waals surface area (Å²) in [6.45, 7) is 1.63. The lowest BCUT2D eigenvalue weighted by Crippen LogP contribution is -2.35. The molecule has 1 aliphatic heterocycles. The molecule has 0 spiro atoms. The molecule has 1 aliphatic rings. The minimum atomic E-state index is -0.352. The third-order valence-corrected chi connectivity index (χ3v) is 4.70. The summed E-state index contributed by atoms with van der Waals surface area (Å²) in [5, 5.41) is 6.42. The van der Waals surface area contributed by atoms with Crippen molar-refractivity contribution in [3.8, 4) is 0 Å². The van der Waals surface area contributed by atoms with Crippen molar-refractivity contribution in [1.29, 1.82) is 0 Å². The molecule has 1 atom stereocenters. The molecular formula is C16H16ClN5O. The largest absolute Gasteiger partial charge is 0.368 e. The molecule has 0 amide bonds. The Morgan fingerprint density at radius 3 is 3.04 bits per heavy atom. The number of fused-ring (bicyclic) bond motifs is 1. The number of imidazole rings is 1. The van der Waals surface area contributed by atoms with Crippen molar-refractivity contribution in [1.82, 2.24) is 20.2 Å². The minimum absolute atomic E-state index is 0.199. The van der Waals surface area contributed by atoms with Crippen LogP contribution in [-0.2, 0) is 0 Å². The number of H-pyrrole nitrogens is 2. The second-order valence-corrected chi connectivity index (χ2v) is 6.20. The highest BCUT2D eigenvalue weighted by Gasteiger charge is 2.25. The first-order valence-electron chi connectivity index (χ1n) is 7.65. The highest BCUT2D eigenvalue weighted by Crippen LogP contribution is 2.31. The fourth-order valence-electron chi connectivity index (χ4n) is 3.18. The fourth-order valence-corrected chi connectivity index (χ4v) is 3.39. The van der Waals surface area contributed by atoms with Crippen LogP contribution in [0.3, 0.4) is 0 Å². The lowest BCUT2D eigenvalue weighted by Gasteiger charge is -2.33. The Balaban J connectivity index is 1.64. The van der Waals surface area contributed by atoms with Crippen LogP contribution in [0.2, 0.25) is 5.02 Å². The molecule has 2 N–H and O–H groups in total. The molecule has 1 fully saturated rings. The first-order valence-corrected chi connectivity index (χ1v) is 8.03. The molecule has 1 saturated heterocycles. The van der Waals surface area contributed by atoms with Gasteiger partial charge < -0.3 is 9.88 Å². The summed E-state index contributed by atoms with van der Waals surface area (Å²) in [6.07, 6.45) is 3.69. The van der Waals surface area contributed by atoms with Gasteiger partial charge >= 0.3 is 0 Å². The van der Waals surface area contributed by atoms with Gasteiger partial charge in [-0.2, -0.15) is 5.10 Å². The zero-order valence-electron chi connectivity index (χ0n) is 12.4. The molecule has 0 radical (unpaired) electrons. The zero-order valence-corrected chi connectivity index (χ0v) is 13.2. The molecule has 2 aromatic heterocycles. The van der Waals surface area contributed by atoms with Gasteiger partial charge in [-0.1, -0.05) is 23.7 Å². The number of piperidine rings is 1. The Morgan fingerprint density at radius 2 is 2.17 bits per heavy atom. The number of para-hydroxylation sites is 2. The van der Waals surface area contributed by atoms with Crippen LogP contribution >= 0.6 is 11.6 Å². The molecule has 1 unspecified atom stereocenters. The van der Waals surface area contributed by atoms with Gasteiger partial charge in [-0.05, 0) is 25.0 Å². The molecule has 4 rings (SSSR count). The average molecular weight is 330 g/mol. The number of rotatable bonds is 2. The lowest BCUT2D eigenvalue weighted by molar-refractivity contribution is 0.494. The van der Waals surface area contributed by atoms with E-state index in [9.17, 15) is 4.79 Å². The Bertz CT molecular complexity index is 870. The second kappa shape index (κ2) is 5.70. The van der Waals surface area contributed by atoms with Gasteiger partial charge in [0.2, 0.25) is 0 Å². The van der Waals surface area contributed by atoms with Gasteiger partial charge in [0.05, 0.1) is 22.9 Å². The van der Waals surface area contributed by atoms with Crippen LogP contribution in [0.1, 0.15) is 24.6 Å². The van der Waals surface area contributed by atoms with Crippen molar-refractivity contribution in [3.05, 3.63) is 51.7 Å². The maximum absolute atomic E-state index is 11.7. The number of hydrogen-bond acceptors (Lipinski definition) is 4. The van der Waals surface area contributed by atoms with E-state index in [-0.39, 0.29) is 16.5 Å².